The first-order valence-corrected chi connectivity index (χ1v) is 9.35. The van der Waals surface area contributed by atoms with Gasteiger partial charge in [-0.3, -0.25) is 14.6 Å². The summed E-state index contributed by atoms with van der Waals surface area (Å²) < 4.78 is 5.33. The number of carbonyl (C=O) groups excluding carboxylic acids is 1. The van der Waals surface area contributed by atoms with E-state index in [2.05, 4.69) is 9.97 Å². The Bertz CT molecular complexity index is 644. The van der Waals surface area contributed by atoms with Gasteiger partial charge in [-0.25, -0.2) is 4.98 Å². The molecule has 2 aliphatic heterocycles. The molecule has 3 rings (SSSR count). The van der Waals surface area contributed by atoms with E-state index in [0.717, 1.165) is 39.0 Å². The zero-order valence-electron chi connectivity index (χ0n) is 15.1. The number of aryl methyl sites for hydroxylation is 1. The molecule has 0 unspecified atom stereocenters. The van der Waals surface area contributed by atoms with Crippen LogP contribution in [0.1, 0.15) is 43.4 Å². The van der Waals surface area contributed by atoms with Gasteiger partial charge in [-0.05, 0) is 26.2 Å². The average molecular weight is 348 g/mol. The lowest BCUT2D eigenvalue weighted by molar-refractivity contribution is -0.131. The maximum absolute atomic E-state index is 12.5. The third-order valence-corrected chi connectivity index (χ3v) is 5.07. The van der Waals surface area contributed by atoms with E-state index >= 15 is 0 Å². The van der Waals surface area contributed by atoms with Crippen LogP contribution >= 0.6 is 0 Å². The van der Waals surface area contributed by atoms with Crippen molar-refractivity contribution in [2.75, 3.05) is 44.3 Å². The van der Waals surface area contributed by atoms with Gasteiger partial charge in [0.25, 0.3) is 5.56 Å². The molecular weight excluding hydrogens is 320 g/mol. The van der Waals surface area contributed by atoms with Crippen LogP contribution in [0.4, 0.5) is 5.95 Å². The Labute approximate surface area is 148 Å². The topological polar surface area (TPSA) is 78.5 Å². The minimum atomic E-state index is -0.127. The number of rotatable bonds is 4. The lowest BCUT2D eigenvalue weighted by atomic mass is 10.1. The zero-order chi connectivity index (χ0) is 17.6. The summed E-state index contributed by atoms with van der Waals surface area (Å²) in [5.41, 5.74) is 1.21. The summed E-state index contributed by atoms with van der Waals surface area (Å²) >= 11 is 0. The van der Waals surface area contributed by atoms with E-state index in [1.165, 1.54) is 12.8 Å². The number of hydrogen-bond acceptors (Lipinski definition) is 5. The first-order chi connectivity index (χ1) is 12.1. The molecule has 2 fully saturated rings. The van der Waals surface area contributed by atoms with Crippen molar-refractivity contribution < 1.29 is 9.53 Å². The predicted octanol–water partition coefficient (Wildman–Crippen LogP) is 1.25. The highest BCUT2D eigenvalue weighted by atomic mass is 16.5. The van der Waals surface area contributed by atoms with Gasteiger partial charge in [0.1, 0.15) is 0 Å². The summed E-state index contributed by atoms with van der Waals surface area (Å²) in [6, 6.07) is 0. The molecule has 1 amide bonds. The second-order valence-corrected chi connectivity index (χ2v) is 6.85. The Balaban J connectivity index is 1.64. The first-order valence-electron chi connectivity index (χ1n) is 9.35. The van der Waals surface area contributed by atoms with Crippen molar-refractivity contribution >= 4 is 11.9 Å². The molecule has 2 saturated heterocycles. The molecule has 1 aromatic heterocycles. The number of hydrogen-bond donors (Lipinski definition) is 1. The molecule has 138 valence electrons. The Hall–Kier alpha value is -1.89. The van der Waals surface area contributed by atoms with Gasteiger partial charge in [0.15, 0.2) is 0 Å². The number of nitrogens with one attached hydrogen (secondary N) is 1. The molecule has 1 aromatic rings. The smallest absolute Gasteiger partial charge is 0.255 e. The van der Waals surface area contributed by atoms with E-state index in [1.807, 2.05) is 16.7 Å². The number of amides is 1. The van der Waals surface area contributed by atoms with Crippen LogP contribution in [-0.4, -0.2) is 60.2 Å². The summed E-state index contributed by atoms with van der Waals surface area (Å²) in [5.74, 6) is 0.756. The maximum atomic E-state index is 12.5. The van der Waals surface area contributed by atoms with Crippen LogP contribution in [-0.2, 0) is 16.0 Å². The SMILES string of the molecule is Cc1nc(N2CCOCC2)[nH]c(=O)c1CCC(=O)N1CCCCCC1. The van der Waals surface area contributed by atoms with Gasteiger partial charge >= 0.3 is 0 Å². The number of nitrogens with zero attached hydrogens (tertiary/aromatic N) is 3. The highest BCUT2D eigenvalue weighted by Crippen LogP contribution is 2.14. The molecule has 0 atom stereocenters. The third-order valence-electron chi connectivity index (χ3n) is 5.07. The summed E-state index contributed by atoms with van der Waals surface area (Å²) in [6.07, 6.45) is 5.41. The number of H-pyrrole nitrogens is 1. The Morgan fingerprint density at radius 1 is 1.12 bits per heavy atom. The van der Waals surface area contributed by atoms with Crippen LogP contribution in [0, 0.1) is 6.92 Å². The molecule has 1 N–H and O–H groups in total. The second-order valence-electron chi connectivity index (χ2n) is 6.85. The molecule has 25 heavy (non-hydrogen) atoms. The molecule has 7 heteroatoms. The molecule has 2 aliphatic rings. The fourth-order valence-electron chi connectivity index (χ4n) is 3.53. The first kappa shape index (κ1) is 17.9. The van der Waals surface area contributed by atoms with Gasteiger partial charge in [0.05, 0.1) is 13.2 Å². The molecule has 0 aromatic carbocycles. The van der Waals surface area contributed by atoms with Gasteiger partial charge in [0.2, 0.25) is 11.9 Å². The van der Waals surface area contributed by atoms with Crippen LogP contribution in [0.2, 0.25) is 0 Å². The molecule has 0 aliphatic carbocycles. The number of ether oxygens (including phenoxy) is 1. The van der Waals surface area contributed by atoms with Gasteiger partial charge in [0, 0.05) is 43.9 Å². The molecule has 0 bridgehead atoms. The van der Waals surface area contributed by atoms with Gasteiger partial charge in [-0.1, -0.05) is 12.8 Å². The second kappa shape index (κ2) is 8.47. The van der Waals surface area contributed by atoms with Gasteiger partial charge < -0.3 is 14.5 Å². The van der Waals surface area contributed by atoms with Gasteiger partial charge in [-0.2, -0.15) is 0 Å². The minimum Gasteiger partial charge on any atom is -0.378 e. The molecule has 0 radical (unpaired) electrons. The van der Waals surface area contributed by atoms with E-state index in [0.29, 0.717) is 43.3 Å². The van der Waals surface area contributed by atoms with Crippen molar-refractivity contribution in [3.63, 3.8) is 0 Å². The highest BCUT2D eigenvalue weighted by molar-refractivity contribution is 5.76. The molecule has 0 saturated carbocycles. The van der Waals surface area contributed by atoms with Crippen LogP contribution in [0.3, 0.4) is 0 Å². The molecule has 3 heterocycles. The van der Waals surface area contributed by atoms with Crippen LogP contribution in [0.5, 0.6) is 0 Å². The van der Waals surface area contributed by atoms with Crippen LogP contribution in [0.15, 0.2) is 4.79 Å². The Morgan fingerprint density at radius 2 is 1.80 bits per heavy atom. The van der Waals surface area contributed by atoms with Crippen LogP contribution < -0.4 is 10.5 Å². The summed E-state index contributed by atoms with van der Waals surface area (Å²) in [4.78, 5) is 36.3. The lowest BCUT2D eigenvalue weighted by Crippen LogP contribution is -2.39. The largest absolute Gasteiger partial charge is 0.378 e. The highest BCUT2D eigenvalue weighted by Gasteiger charge is 2.19. The van der Waals surface area contributed by atoms with E-state index in [1.54, 1.807) is 0 Å². The Morgan fingerprint density at radius 3 is 2.44 bits per heavy atom. The number of aromatic nitrogens is 2. The lowest BCUT2D eigenvalue weighted by Gasteiger charge is -2.27. The molecule has 7 nitrogen and oxygen atoms in total. The van der Waals surface area contributed by atoms with Crippen molar-refractivity contribution in [3.05, 3.63) is 21.6 Å². The number of morpholine rings is 1. The van der Waals surface area contributed by atoms with Crippen molar-refractivity contribution in [2.24, 2.45) is 0 Å². The van der Waals surface area contributed by atoms with E-state index in [4.69, 9.17) is 4.74 Å². The molecular formula is C18H28N4O3. The number of likely N-dealkylation sites (tertiary alicyclic amines) is 1. The average Bonchev–Trinajstić information content (AvgIpc) is 2.91. The number of carbonyl (C=O) groups is 1. The van der Waals surface area contributed by atoms with Gasteiger partial charge in [-0.15, -0.1) is 0 Å². The summed E-state index contributed by atoms with van der Waals surface area (Å²) in [5, 5.41) is 0. The normalized spacial score (nSPS) is 18.9. The molecule has 0 spiro atoms. The van der Waals surface area contributed by atoms with E-state index < -0.39 is 0 Å². The standard InChI is InChI=1S/C18H28N4O3/c1-14-15(6-7-16(23)21-8-4-2-3-5-9-21)17(24)20-18(19-14)22-10-12-25-13-11-22/h2-13H2,1H3,(H,19,20,24). The quantitative estimate of drug-likeness (QED) is 0.886. The summed E-state index contributed by atoms with van der Waals surface area (Å²) in [6.45, 7) is 6.31. The fourth-order valence-corrected chi connectivity index (χ4v) is 3.53. The third kappa shape index (κ3) is 4.60. The van der Waals surface area contributed by atoms with E-state index in [-0.39, 0.29) is 11.5 Å². The van der Waals surface area contributed by atoms with Crippen molar-refractivity contribution in [1.82, 2.24) is 14.9 Å². The van der Waals surface area contributed by atoms with Crippen molar-refractivity contribution in [2.45, 2.75) is 45.4 Å². The predicted molar refractivity (Wildman–Crippen MR) is 96.0 cm³/mol. The van der Waals surface area contributed by atoms with Crippen molar-refractivity contribution in [3.8, 4) is 0 Å². The van der Waals surface area contributed by atoms with Crippen molar-refractivity contribution in [1.29, 1.82) is 0 Å². The minimum absolute atomic E-state index is 0.127. The number of aromatic amines is 1. The van der Waals surface area contributed by atoms with Crippen LogP contribution in [0.25, 0.3) is 0 Å². The summed E-state index contributed by atoms with van der Waals surface area (Å²) in [7, 11) is 0. The maximum Gasteiger partial charge on any atom is 0.255 e. The Kier molecular flexibility index (Phi) is 6.07. The monoisotopic (exact) mass is 348 g/mol. The fraction of sp³-hybridized carbons (Fsp3) is 0.722. The zero-order valence-corrected chi connectivity index (χ0v) is 15.1. The number of anilines is 1. The van der Waals surface area contributed by atoms with E-state index in [9.17, 15) is 9.59 Å².